The Balaban J connectivity index is 2.86. The van der Waals surface area contributed by atoms with Crippen LogP contribution in [0.5, 0.6) is 0 Å². The van der Waals surface area contributed by atoms with Gasteiger partial charge in [-0.3, -0.25) is 4.98 Å². The van der Waals surface area contributed by atoms with Crippen molar-refractivity contribution in [1.29, 1.82) is 0 Å². The Bertz CT molecular complexity index is 592. The van der Waals surface area contributed by atoms with E-state index in [1.165, 1.54) is 16.5 Å². The van der Waals surface area contributed by atoms with Gasteiger partial charge in [-0.25, -0.2) is 0 Å². The van der Waals surface area contributed by atoms with Crippen molar-refractivity contribution < 1.29 is 0 Å². The van der Waals surface area contributed by atoms with Gasteiger partial charge in [-0.2, -0.15) is 0 Å². The van der Waals surface area contributed by atoms with Crippen molar-refractivity contribution in [3.8, 4) is 0 Å². The van der Waals surface area contributed by atoms with Crippen LogP contribution in [0.1, 0.15) is 57.4 Å². The van der Waals surface area contributed by atoms with E-state index in [2.05, 4.69) is 58.9 Å². The van der Waals surface area contributed by atoms with E-state index in [4.69, 9.17) is 10.7 Å². The van der Waals surface area contributed by atoms with Gasteiger partial charge in [-0.15, -0.1) is 0 Å². The van der Waals surface area contributed by atoms with E-state index in [0.717, 1.165) is 17.6 Å². The maximum Gasteiger partial charge on any atom is 0.0740 e. The third-order valence-electron chi connectivity index (χ3n) is 3.61. The van der Waals surface area contributed by atoms with E-state index in [-0.39, 0.29) is 5.54 Å². The molecule has 2 nitrogen and oxygen atoms in total. The summed E-state index contributed by atoms with van der Waals surface area (Å²) in [6.45, 7) is 10.6. The molecule has 1 aromatic heterocycles. The first kappa shape index (κ1) is 14.0. The number of benzene rings is 1. The van der Waals surface area contributed by atoms with Gasteiger partial charge in [-0.05, 0) is 43.4 Å². The topological polar surface area (TPSA) is 38.9 Å². The fourth-order valence-electron chi connectivity index (χ4n) is 2.44. The molecule has 0 aliphatic rings. The fraction of sp³-hybridized carbons (Fsp3) is 0.471. The summed E-state index contributed by atoms with van der Waals surface area (Å²) in [6.07, 6.45) is 0.996. The summed E-state index contributed by atoms with van der Waals surface area (Å²) in [6, 6.07) is 8.57. The third kappa shape index (κ3) is 2.64. The second-order valence-corrected chi connectivity index (χ2v) is 6.14. The first-order valence-corrected chi connectivity index (χ1v) is 7.06. The number of fused-ring (bicyclic) bond motifs is 1. The molecule has 0 fully saturated rings. The second-order valence-electron chi connectivity index (χ2n) is 6.14. The van der Waals surface area contributed by atoms with Crippen LogP contribution in [0.4, 0.5) is 0 Å². The summed E-state index contributed by atoms with van der Waals surface area (Å²) >= 11 is 0. The molecule has 0 unspecified atom stereocenters. The number of para-hydroxylation sites is 1. The number of hydrogen-bond donors (Lipinski definition) is 1. The number of nitrogens with zero attached hydrogens (tertiary/aromatic N) is 1. The van der Waals surface area contributed by atoms with Crippen molar-refractivity contribution in [2.45, 2.75) is 52.5 Å². The lowest BCUT2D eigenvalue weighted by Gasteiger charge is -2.23. The van der Waals surface area contributed by atoms with Crippen LogP contribution in [0.3, 0.4) is 0 Å². The lowest BCUT2D eigenvalue weighted by atomic mass is 9.89. The summed E-state index contributed by atoms with van der Waals surface area (Å²) < 4.78 is 0. The highest BCUT2D eigenvalue weighted by Crippen LogP contribution is 2.30. The largest absolute Gasteiger partial charge is 0.322 e. The highest BCUT2D eigenvalue weighted by Gasteiger charge is 2.20. The quantitative estimate of drug-likeness (QED) is 0.897. The lowest BCUT2D eigenvalue weighted by molar-refractivity contribution is 0.557. The normalized spacial score (nSPS) is 12.4. The van der Waals surface area contributed by atoms with Gasteiger partial charge in [0.15, 0.2) is 0 Å². The standard InChI is InChI=1S/C17H24N2/c1-6-12-8-7-9-13-14(17(4,5)18)10-15(11(2)3)19-16(12)13/h7-11H,6,18H2,1-5H3. The van der Waals surface area contributed by atoms with Gasteiger partial charge < -0.3 is 5.73 Å². The van der Waals surface area contributed by atoms with E-state index in [1.807, 2.05) is 0 Å². The zero-order valence-corrected chi connectivity index (χ0v) is 12.6. The molecule has 19 heavy (non-hydrogen) atoms. The van der Waals surface area contributed by atoms with Gasteiger partial charge in [0.1, 0.15) is 0 Å². The molecule has 0 aliphatic heterocycles. The van der Waals surface area contributed by atoms with Gasteiger partial charge >= 0.3 is 0 Å². The van der Waals surface area contributed by atoms with Crippen molar-refractivity contribution in [2.24, 2.45) is 5.73 Å². The summed E-state index contributed by atoms with van der Waals surface area (Å²) in [7, 11) is 0. The van der Waals surface area contributed by atoms with Gasteiger partial charge in [0, 0.05) is 16.6 Å². The van der Waals surface area contributed by atoms with Crippen molar-refractivity contribution >= 4 is 10.9 Å². The molecule has 0 amide bonds. The van der Waals surface area contributed by atoms with Crippen LogP contribution in [0, 0.1) is 0 Å². The Morgan fingerprint density at radius 2 is 1.95 bits per heavy atom. The van der Waals surface area contributed by atoms with Crippen molar-refractivity contribution in [3.05, 3.63) is 41.1 Å². The van der Waals surface area contributed by atoms with Gasteiger partial charge in [-0.1, -0.05) is 39.0 Å². The number of nitrogens with two attached hydrogens (primary N) is 1. The highest BCUT2D eigenvalue weighted by molar-refractivity contribution is 5.86. The summed E-state index contributed by atoms with van der Waals surface area (Å²) in [5, 5.41) is 1.19. The molecule has 0 atom stereocenters. The summed E-state index contributed by atoms with van der Waals surface area (Å²) in [5.74, 6) is 0.412. The van der Waals surface area contributed by atoms with Crippen LogP contribution >= 0.6 is 0 Å². The molecule has 0 aliphatic carbocycles. The minimum absolute atomic E-state index is 0.350. The Hall–Kier alpha value is -1.41. The first-order valence-electron chi connectivity index (χ1n) is 7.06. The van der Waals surface area contributed by atoms with E-state index in [9.17, 15) is 0 Å². The average molecular weight is 256 g/mol. The smallest absolute Gasteiger partial charge is 0.0740 e. The minimum atomic E-state index is -0.350. The molecule has 2 N–H and O–H groups in total. The molecule has 1 heterocycles. The Morgan fingerprint density at radius 3 is 2.47 bits per heavy atom. The van der Waals surface area contributed by atoms with Crippen molar-refractivity contribution in [3.63, 3.8) is 0 Å². The lowest BCUT2D eigenvalue weighted by Crippen LogP contribution is -2.29. The molecule has 102 valence electrons. The monoisotopic (exact) mass is 256 g/mol. The SMILES string of the molecule is CCc1cccc2c(C(C)(C)N)cc(C(C)C)nc12. The predicted molar refractivity (Wildman–Crippen MR) is 82.4 cm³/mol. The zero-order valence-electron chi connectivity index (χ0n) is 12.6. The summed E-state index contributed by atoms with van der Waals surface area (Å²) in [5.41, 5.74) is 10.7. The molecular formula is C17H24N2. The minimum Gasteiger partial charge on any atom is -0.322 e. The van der Waals surface area contributed by atoms with Crippen LogP contribution in [0.15, 0.2) is 24.3 Å². The number of hydrogen-bond acceptors (Lipinski definition) is 2. The molecule has 0 saturated carbocycles. The summed E-state index contributed by atoms with van der Waals surface area (Å²) in [4.78, 5) is 4.86. The predicted octanol–water partition coefficient (Wildman–Crippen LogP) is 4.11. The number of pyridine rings is 1. The molecular weight excluding hydrogens is 232 g/mol. The molecule has 2 aromatic rings. The average Bonchev–Trinajstić information content (AvgIpc) is 2.35. The van der Waals surface area contributed by atoms with Gasteiger partial charge in [0.25, 0.3) is 0 Å². The van der Waals surface area contributed by atoms with E-state index in [0.29, 0.717) is 5.92 Å². The molecule has 0 saturated heterocycles. The Morgan fingerprint density at radius 1 is 1.26 bits per heavy atom. The highest BCUT2D eigenvalue weighted by atomic mass is 14.7. The molecule has 1 aromatic carbocycles. The third-order valence-corrected chi connectivity index (χ3v) is 3.61. The number of aromatic nitrogens is 1. The van der Waals surface area contributed by atoms with Crippen LogP contribution in [-0.2, 0) is 12.0 Å². The van der Waals surface area contributed by atoms with Crippen LogP contribution in [0.25, 0.3) is 10.9 Å². The van der Waals surface area contributed by atoms with Crippen LogP contribution < -0.4 is 5.73 Å². The molecule has 0 bridgehead atoms. The Labute approximate surface area is 116 Å². The van der Waals surface area contributed by atoms with Crippen molar-refractivity contribution in [1.82, 2.24) is 4.98 Å². The van der Waals surface area contributed by atoms with Gasteiger partial charge in [0.05, 0.1) is 5.52 Å². The maximum atomic E-state index is 6.36. The molecule has 2 heteroatoms. The number of rotatable bonds is 3. The zero-order chi connectivity index (χ0) is 14.2. The van der Waals surface area contributed by atoms with E-state index >= 15 is 0 Å². The fourth-order valence-corrected chi connectivity index (χ4v) is 2.44. The van der Waals surface area contributed by atoms with Crippen LogP contribution in [0.2, 0.25) is 0 Å². The first-order chi connectivity index (χ1) is 8.84. The van der Waals surface area contributed by atoms with Gasteiger partial charge in [0.2, 0.25) is 0 Å². The molecule has 0 spiro atoms. The van der Waals surface area contributed by atoms with E-state index < -0.39 is 0 Å². The molecule has 2 rings (SSSR count). The second kappa shape index (κ2) is 4.93. The van der Waals surface area contributed by atoms with Crippen molar-refractivity contribution in [2.75, 3.05) is 0 Å². The van der Waals surface area contributed by atoms with Crippen LogP contribution in [-0.4, -0.2) is 4.98 Å². The Kier molecular flexibility index (Phi) is 3.64. The number of aryl methyl sites for hydroxylation is 1. The maximum absolute atomic E-state index is 6.36. The van der Waals surface area contributed by atoms with E-state index in [1.54, 1.807) is 0 Å². The molecule has 0 radical (unpaired) electrons.